The van der Waals surface area contributed by atoms with Crippen molar-refractivity contribution in [3.05, 3.63) is 11.4 Å². The monoisotopic (exact) mass is 366 g/mol. The van der Waals surface area contributed by atoms with Crippen molar-refractivity contribution in [1.29, 1.82) is 0 Å². The van der Waals surface area contributed by atoms with Crippen molar-refractivity contribution in [3.8, 4) is 0 Å². The van der Waals surface area contributed by atoms with Gasteiger partial charge in [-0.15, -0.1) is 0 Å². The molecule has 0 spiro atoms. The number of hydrogen-bond acceptors (Lipinski definition) is 3. The van der Waals surface area contributed by atoms with Crippen molar-refractivity contribution in [2.75, 3.05) is 6.54 Å². The molecule has 150 valence electrons. The molecule has 0 radical (unpaired) electrons. The summed E-state index contributed by atoms with van der Waals surface area (Å²) < 4.78 is -0.343. The summed E-state index contributed by atoms with van der Waals surface area (Å²) in [5, 5.41) is 17.5. The minimum absolute atomic E-state index is 0.343. The SMILES string of the molecule is CCCCCCCCCCCCCCCC[N+]1(C(=O)O)N=NC(C)=C1C. The molecule has 0 saturated heterocycles. The number of quaternary nitrogens is 1. The summed E-state index contributed by atoms with van der Waals surface area (Å²) in [7, 11) is 0. The van der Waals surface area contributed by atoms with E-state index in [1.165, 1.54) is 77.0 Å². The van der Waals surface area contributed by atoms with Crippen LogP contribution in [0.15, 0.2) is 21.7 Å². The van der Waals surface area contributed by atoms with E-state index in [1.54, 1.807) is 0 Å². The van der Waals surface area contributed by atoms with Gasteiger partial charge in [0.1, 0.15) is 12.2 Å². The van der Waals surface area contributed by atoms with Crippen LogP contribution >= 0.6 is 0 Å². The first-order valence-electron chi connectivity index (χ1n) is 10.8. The minimum atomic E-state index is -0.919. The van der Waals surface area contributed by atoms with Gasteiger partial charge in [-0.3, -0.25) is 0 Å². The Hall–Kier alpha value is -1.23. The lowest BCUT2D eigenvalue weighted by Crippen LogP contribution is -2.44. The summed E-state index contributed by atoms with van der Waals surface area (Å²) in [6, 6.07) is 0. The van der Waals surface area contributed by atoms with Gasteiger partial charge in [0.25, 0.3) is 0 Å². The average molecular weight is 367 g/mol. The summed E-state index contributed by atoms with van der Waals surface area (Å²) in [6.45, 7) is 6.43. The fourth-order valence-corrected chi connectivity index (χ4v) is 3.58. The van der Waals surface area contributed by atoms with Crippen molar-refractivity contribution in [2.45, 2.75) is 111 Å². The second kappa shape index (κ2) is 13.0. The molecule has 1 atom stereocenters. The van der Waals surface area contributed by atoms with Crippen LogP contribution in [0.2, 0.25) is 0 Å². The van der Waals surface area contributed by atoms with Crippen LogP contribution in [0.1, 0.15) is 111 Å². The molecule has 1 heterocycles. The van der Waals surface area contributed by atoms with Crippen molar-refractivity contribution in [2.24, 2.45) is 10.3 Å². The second-order valence-corrected chi connectivity index (χ2v) is 7.73. The fourth-order valence-electron chi connectivity index (χ4n) is 3.58. The van der Waals surface area contributed by atoms with E-state index in [2.05, 4.69) is 17.3 Å². The molecule has 0 saturated carbocycles. The molecule has 0 aromatic heterocycles. The van der Waals surface area contributed by atoms with Crippen LogP contribution in [-0.4, -0.2) is 22.3 Å². The third-order valence-electron chi connectivity index (χ3n) is 5.58. The van der Waals surface area contributed by atoms with Crippen molar-refractivity contribution in [1.82, 2.24) is 0 Å². The first-order valence-corrected chi connectivity index (χ1v) is 10.8. The third-order valence-corrected chi connectivity index (χ3v) is 5.58. The Kier molecular flexibility index (Phi) is 11.4. The van der Waals surface area contributed by atoms with E-state index >= 15 is 0 Å². The number of hydrogen-bond donors (Lipinski definition) is 1. The van der Waals surface area contributed by atoms with Crippen LogP contribution in [0.3, 0.4) is 0 Å². The van der Waals surface area contributed by atoms with Gasteiger partial charge >= 0.3 is 6.09 Å². The summed E-state index contributed by atoms with van der Waals surface area (Å²) in [6.07, 6.45) is 17.3. The Morgan fingerprint density at radius 3 is 1.58 bits per heavy atom. The molecule has 5 nitrogen and oxygen atoms in total. The first kappa shape index (κ1) is 22.8. The number of allylic oxidation sites excluding steroid dienone is 2. The molecule has 0 aromatic rings. The summed E-state index contributed by atoms with van der Waals surface area (Å²) >= 11 is 0. The quantitative estimate of drug-likeness (QED) is 0.239. The lowest BCUT2D eigenvalue weighted by atomic mass is 10.0. The van der Waals surface area contributed by atoms with Gasteiger partial charge in [0.15, 0.2) is 5.70 Å². The van der Waals surface area contributed by atoms with Gasteiger partial charge < -0.3 is 5.11 Å². The zero-order valence-corrected chi connectivity index (χ0v) is 17.3. The standard InChI is InChI=1S/C21H39N3O2/c1-4-5-6-7-8-9-10-11-12-13-14-15-16-17-18-24(21(25)26)20(3)19(2)22-23-24/h4-18H2,1-3H3/p+1. The highest BCUT2D eigenvalue weighted by atomic mass is 16.4. The predicted molar refractivity (Wildman–Crippen MR) is 107 cm³/mol. The normalized spacial score (nSPS) is 19.5. The van der Waals surface area contributed by atoms with E-state index in [-0.39, 0.29) is 4.59 Å². The molecule has 1 amide bonds. The van der Waals surface area contributed by atoms with Crippen LogP contribution in [0.25, 0.3) is 0 Å². The van der Waals surface area contributed by atoms with E-state index in [4.69, 9.17) is 0 Å². The predicted octanol–water partition coefficient (Wildman–Crippen LogP) is 7.59. The molecular weight excluding hydrogens is 326 g/mol. The number of rotatable bonds is 15. The molecular formula is C21H40N3O2+. The molecule has 1 unspecified atom stereocenters. The highest BCUT2D eigenvalue weighted by Gasteiger charge is 2.45. The molecule has 1 N–H and O–H groups in total. The average Bonchev–Trinajstić information content (AvgIpc) is 2.91. The molecule has 0 aromatic carbocycles. The van der Waals surface area contributed by atoms with Crippen LogP contribution in [0, 0.1) is 0 Å². The van der Waals surface area contributed by atoms with Crippen molar-refractivity contribution >= 4 is 6.09 Å². The summed E-state index contributed by atoms with van der Waals surface area (Å²) in [5.41, 5.74) is 1.48. The number of nitrogens with zero attached hydrogens (tertiary/aromatic N) is 3. The van der Waals surface area contributed by atoms with Gasteiger partial charge in [0.05, 0.1) is 0 Å². The molecule has 0 aliphatic carbocycles. The minimum Gasteiger partial charge on any atom is -0.433 e. The molecule has 1 aliphatic rings. The smallest absolute Gasteiger partial charge is 0.433 e. The van der Waals surface area contributed by atoms with Crippen LogP contribution in [-0.2, 0) is 0 Å². The van der Waals surface area contributed by atoms with E-state index in [0.29, 0.717) is 6.54 Å². The Morgan fingerprint density at radius 1 is 0.808 bits per heavy atom. The van der Waals surface area contributed by atoms with Crippen LogP contribution < -0.4 is 0 Å². The number of carboxylic acid groups (broad SMARTS) is 1. The van der Waals surface area contributed by atoms with Crippen LogP contribution in [0.5, 0.6) is 0 Å². The topological polar surface area (TPSA) is 62.0 Å². The molecule has 0 fully saturated rings. The van der Waals surface area contributed by atoms with Gasteiger partial charge in [-0.2, -0.15) is 4.79 Å². The summed E-state index contributed by atoms with van der Waals surface area (Å²) in [5.74, 6) is 0. The third kappa shape index (κ3) is 7.56. The largest absolute Gasteiger partial charge is 0.547 e. The van der Waals surface area contributed by atoms with E-state index < -0.39 is 6.09 Å². The number of unbranched alkanes of at least 4 members (excludes halogenated alkanes) is 13. The van der Waals surface area contributed by atoms with E-state index in [0.717, 1.165) is 24.2 Å². The van der Waals surface area contributed by atoms with Crippen LogP contribution in [0.4, 0.5) is 4.79 Å². The number of carbonyl (C=O) groups is 1. The maximum absolute atomic E-state index is 11.6. The van der Waals surface area contributed by atoms with E-state index in [1.807, 2.05) is 13.8 Å². The lowest BCUT2D eigenvalue weighted by molar-refractivity contribution is -0.827. The van der Waals surface area contributed by atoms with Crippen molar-refractivity contribution < 1.29 is 14.5 Å². The maximum Gasteiger partial charge on any atom is 0.547 e. The second-order valence-electron chi connectivity index (χ2n) is 7.73. The highest BCUT2D eigenvalue weighted by molar-refractivity contribution is 5.58. The van der Waals surface area contributed by atoms with Gasteiger partial charge in [-0.05, 0) is 17.9 Å². The molecule has 0 bridgehead atoms. The first-order chi connectivity index (χ1) is 12.5. The Morgan fingerprint density at radius 2 is 1.23 bits per heavy atom. The van der Waals surface area contributed by atoms with Gasteiger partial charge in [0, 0.05) is 18.6 Å². The fraction of sp³-hybridized carbons (Fsp3) is 0.857. The van der Waals surface area contributed by atoms with Gasteiger partial charge in [-0.1, -0.05) is 89.1 Å². The lowest BCUT2D eigenvalue weighted by Gasteiger charge is -2.21. The van der Waals surface area contributed by atoms with Gasteiger partial charge in [-0.25, -0.2) is 0 Å². The Balaban J connectivity index is 1.98. The molecule has 1 aliphatic heterocycles. The zero-order chi connectivity index (χ0) is 19.3. The van der Waals surface area contributed by atoms with Gasteiger partial charge in [0.2, 0.25) is 0 Å². The maximum atomic E-state index is 11.6. The summed E-state index contributed by atoms with van der Waals surface area (Å²) in [4.78, 5) is 11.6. The Labute approximate surface area is 160 Å². The van der Waals surface area contributed by atoms with Crippen molar-refractivity contribution in [3.63, 3.8) is 0 Å². The molecule has 26 heavy (non-hydrogen) atoms. The molecule has 5 heteroatoms. The number of amides is 1. The Bertz CT molecular complexity index is 474. The molecule has 1 rings (SSSR count). The zero-order valence-electron chi connectivity index (χ0n) is 17.3. The highest BCUT2D eigenvalue weighted by Crippen LogP contribution is 2.30. The van der Waals surface area contributed by atoms with E-state index in [9.17, 15) is 9.90 Å².